The van der Waals surface area contributed by atoms with Gasteiger partial charge in [0.25, 0.3) is 5.91 Å². The van der Waals surface area contributed by atoms with E-state index in [1.54, 1.807) is 19.1 Å². The van der Waals surface area contributed by atoms with Crippen LogP contribution < -0.4 is 9.47 Å². The Morgan fingerprint density at radius 1 is 1.10 bits per heavy atom. The highest BCUT2D eigenvalue weighted by Crippen LogP contribution is 2.27. The van der Waals surface area contributed by atoms with Gasteiger partial charge >= 0.3 is 0 Å². The molecule has 0 aliphatic heterocycles. The molecule has 0 radical (unpaired) electrons. The number of amides is 1. The first-order valence-electron chi connectivity index (χ1n) is 9.64. The zero-order chi connectivity index (χ0) is 21.3. The summed E-state index contributed by atoms with van der Waals surface area (Å²) in [6.07, 6.45) is 0. The van der Waals surface area contributed by atoms with E-state index >= 15 is 0 Å². The SMILES string of the molecule is COCCN(Cc1csc(COc2ccccc2OC)n1)C(=O)c1cccc(C)c1. The maximum Gasteiger partial charge on any atom is 0.254 e. The van der Waals surface area contributed by atoms with Crippen molar-refractivity contribution in [2.45, 2.75) is 20.1 Å². The van der Waals surface area contributed by atoms with Crippen LogP contribution in [0.1, 0.15) is 26.6 Å². The van der Waals surface area contributed by atoms with Gasteiger partial charge in [-0.25, -0.2) is 4.98 Å². The fraction of sp³-hybridized carbons (Fsp3) is 0.304. The van der Waals surface area contributed by atoms with E-state index in [2.05, 4.69) is 4.98 Å². The summed E-state index contributed by atoms with van der Waals surface area (Å²) < 4.78 is 16.3. The smallest absolute Gasteiger partial charge is 0.254 e. The average Bonchev–Trinajstić information content (AvgIpc) is 3.22. The van der Waals surface area contributed by atoms with Crippen LogP contribution in [0.25, 0.3) is 0 Å². The molecule has 0 unspecified atom stereocenters. The Bertz CT molecular complexity index is 973. The maximum atomic E-state index is 13.0. The molecular weight excluding hydrogens is 400 g/mol. The first-order chi connectivity index (χ1) is 14.6. The Labute approximate surface area is 181 Å². The van der Waals surface area contributed by atoms with Crippen LogP contribution in [0.5, 0.6) is 11.5 Å². The minimum absolute atomic E-state index is 0.0319. The molecule has 3 aromatic rings. The summed E-state index contributed by atoms with van der Waals surface area (Å²) in [5, 5.41) is 2.80. The number of hydrogen-bond acceptors (Lipinski definition) is 6. The van der Waals surface area contributed by atoms with E-state index in [0.29, 0.717) is 43.4 Å². The van der Waals surface area contributed by atoms with Crippen LogP contribution in [-0.2, 0) is 17.9 Å². The van der Waals surface area contributed by atoms with Crippen LogP contribution in [-0.4, -0.2) is 43.2 Å². The lowest BCUT2D eigenvalue weighted by Gasteiger charge is -2.21. The number of para-hydroxylation sites is 2. The van der Waals surface area contributed by atoms with E-state index in [1.165, 1.54) is 11.3 Å². The Morgan fingerprint density at radius 3 is 2.63 bits per heavy atom. The molecule has 1 heterocycles. The number of hydrogen-bond donors (Lipinski definition) is 0. The van der Waals surface area contributed by atoms with Crippen LogP contribution in [0, 0.1) is 6.92 Å². The van der Waals surface area contributed by atoms with Crippen molar-refractivity contribution in [2.24, 2.45) is 0 Å². The van der Waals surface area contributed by atoms with Crippen molar-refractivity contribution in [3.63, 3.8) is 0 Å². The minimum Gasteiger partial charge on any atom is -0.493 e. The number of benzene rings is 2. The second-order valence-electron chi connectivity index (χ2n) is 6.76. The van der Waals surface area contributed by atoms with E-state index in [0.717, 1.165) is 16.3 Å². The molecule has 6 nitrogen and oxygen atoms in total. The van der Waals surface area contributed by atoms with Crippen molar-refractivity contribution in [1.82, 2.24) is 9.88 Å². The predicted octanol–water partition coefficient (Wildman–Crippen LogP) is 4.33. The van der Waals surface area contributed by atoms with Crippen molar-refractivity contribution in [2.75, 3.05) is 27.4 Å². The summed E-state index contributed by atoms with van der Waals surface area (Å²) >= 11 is 1.51. The number of aromatic nitrogens is 1. The molecule has 0 aliphatic carbocycles. The van der Waals surface area contributed by atoms with Crippen molar-refractivity contribution in [3.05, 3.63) is 75.7 Å². The molecule has 0 aliphatic rings. The zero-order valence-electron chi connectivity index (χ0n) is 17.5. The third-order valence-electron chi connectivity index (χ3n) is 4.49. The fourth-order valence-electron chi connectivity index (χ4n) is 2.98. The zero-order valence-corrected chi connectivity index (χ0v) is 18.3. The third kappa shape index (κ3) is 5.81. The minimum atomic E-state index is -0.0319. The standard InChI is InChI=1S/C23H26N2O4S/c1-17-7-6-8-18(13-17)23(26)25(11-12-27-2)14-19-16-30-22(24-19)15-29-21-10-5-4-9-20(21)28-3/h4-10,13,16H,11-12,14-15H2,1-3H3. The average molecular weight is 427 g/mol. The van der Waals surface area contributed by atoms with Gasteiger partial charge in [0.1, 0.15) is 11.6 Å². The highest BCUT2D eigenvalue weighted by atomic mass is 32.1. The summed E-state index contributed by atoms with van der Waals surface area (Å²) in [7, 11) is 3.25. The number of ether oxygens (including phenoxy) is 3. The van der Waals surface area contributed by atoms with Crippen molar-refractivity contribution in [3.8, 4) is 11.5 Å². The monoisotopic (exact) mass is 426 g/mol. The lowest BCUT2D eigenvalue weighted by molar-refractivity contribution is 0.0678. The second-order valence-corrected chi connectivity index (χ2v) is 7.70. The molecule has 0 saturated heterocycles. The molecule has 0 fully saturated rings. The number of rotatable bonds is 10. The maximum absolute atomic E-state index is 13.0. The molecule has 0 atom stereocenters. The Balaban J connectivity index is 1.67. The molecule has 7 heteroatoms. The van der Waals surface area contributed by atoms with E-state index in [4.69, 9.17) is 14.2 Å². The van der Waals surface area contributed by atoms with Crippen molar-refractivity contribution in [1.29, 1.82) is 0 Å². The predicted molar refractivity (Wildman–Crippen MR) is 117 cm³/mol. The van der Waals surface area contributed by atoms with Gasteiger partial charge in [-0.2, -0.15) is 0 Å². The number of carbonyl (C=O) groups is 1. The van der Waals surface area contributed by atoms with Crippen LogP contribution in [0.2, 0.25) is 0 Å². The summed E-state index contributed by atoms with van der Waals surface area (Å²) in [4.78, 5) is 19.4. The van der Waals surface area contributed by atoms with Gasteiger partial charge in [0.2, 0.25) is 0 Å². The number of aryl methyl sites for hydroxylation is 1. The molecule has 3 rings (SSSR count). The largest absolute Gasteiger partial charge is 0.493 e. The van der Waals surface area contributed by atoms with E-state index in [9.17, 15) is 4.79 Å². The summed E-state index contributed by atoms with van der Waals surface area (Å²) in [6.45, 7) is 3.69. The topological polar surface area (TPSA) is 60.9 Å². The van der Waals surface area contributed by atoms with Crippen molar-refractivity contribution < 1.29 is 19.0 Å². The second kappa shape index (κ2) is 10.8. The molecule has 158 valence electrons. The van der Waals surface area contributed by atoms with E-state index < -0.39 is 0 Å². The van der Waals surface area contributed by atoms with E-state index in [-0.39, 0.29) is 5.91 Å². The molecule has 2 aromatic carbocycles. The highest BCUT2D eigenvalue weighted by molar-refractivity contribution is 7.09. The number of nitrogens with zero attached hydrogens (tertiary/aromatic N) is 2. The fourth-order valence-corrected chi connectivity index (χ4v) is 3.67. The molecule has 0 bridgehead atoms. The Kier molecular flexibility index (Phi) is 7.82. The quantitative estimate of drug-likeness (QED) is 0.483. The number of carbonyl (C=O) groups excluding carboxylic acids is 1. The van der Waals surface area contributed by atoms with Crippen molar-refractivity contribution >= 4 is 17.2 Å². The van der Waals surface area contributed by atoms with Gasteiger partial charge in [-0.1, -0.05) is 29.8 Å². The first kappa shape index (κ1) is 21.8. The summed E-state index contributed by atoms with van der Waals surface area (Å²) in [6, 6.07) is 15.1. The Hall–Kier alpha value is -2.90. The highest BCUT2D eigenvalue weighted by Gasteiger charge is 2.18. The molecule has 0 spiro atoms. The van der Waals surface area contributed by atoms with Gasteiger partial charge < -0.3 is 19.1 Å². The summed E-state index contributed by atoms with van der Waals surface area (Å²) in [5.74, 6) is 1.33. The molecule has 0 saturated carbocycles. The number of thiazole rings is 1. The van der Waals surface area contributed by atoms with Crippen LogP contribution in [0.4, 0.5) is 0 Å². The van der Waals surface area contributed by atoms with E-state index in [1.807, 2.05) is 60.8 Å². The van der Waals surface area contributed by atoms with Gasteiger partial charge in [0.15, 0.2) is 11.5 Å². The Morgan fingerprint density at radius 2 is 1.90 bits per heavy atom. The van der Waals surface area contributed by atoms with Gasteiger partial charge in [-0.3, -0.25) is 4.79 Å². The lowest BCUT2D eigenvalue weighted by Crippen LogP contribution is -2.33. The first-order valence-corrected chi connectivity index (χ1v) is 10.5. The lowest BCUT2D eigenvalue weighted by atomic mass is 10.1. The molecule has 1 aromatic heterocycles. The normalized spacial score (nSPS) is 10.6. The molecule has 0 N–H and O–H groups in total. The molecule has 30 heavy (non-hydrogen) atoms. The number of methoxy groups -OCH3 is 2. The molecule has 1 amide bonds. The van der Waals surface area contributed by atoms with Gasteiger partial charge in [-0.05, 0) is 31.2 Å². The molecular formula is C23H26N2O4S. The van der Waals surface area contributed by atoms with Gasteiger partial charge in [0.05, 0.1) is 26.0 Å². The van der Waals surface area contributed by atoms with Gasteiger partial charge in [0, 0.05) is 24.6 Å². The third-order valence-corrected chi connectivity index (χ3v) is 5.36. The summed E-state index contributed by atoms with van der Waals surface area (Å²) in [5.41, 5.74) is 2.55. The van der Waals surface area contributed by atoms with Crippen LogP contribution in [0.15, 0.2) is 53.9 Å². The van der Waals surface area contributed by atoms with Gasteiger partial charge in [-0.15, -0.1) is 11.3 Å². The van der Waals surface area contributed by atoms with Crippen LogP contribution in [0.3, 0.4) is 0 Å². The van der Waals surface area contributed by atoms with Crippen LogP contribution >= 0.6 is 11.3 Å².